The highest BCUT2D eigenvalue weighted by atomic mass is 32.1. The summed E-state index contributed by atoms with van der Waals surface area (Å²) in [7, 11) is 0. The molecule has 126 valence electrons. The summed E-state index contributed by atoms with van der Waals surface area (Å²) < 4.78 is 5.21. The van der Waals surface area contributed by atoms with Gasteiger partial charge in [0.2, 0.25) is 5.91 Å². The number of fused-ring (bicyclic) bond motifs is 1. The Morgan fingerprint density at radius 2 is 2.21 bits per heavy atom. The Hall–Kier alpha value is -2.41. The molecule has 0 saturated heterocycles. The number of amides is 2. The smallest absolute Gasteiger partial charge is 0.407 e. The van der Waals surface area contributed by atoms with Gasteiger partial charge < -0.3 is 15.4 Å². The van der Waals surface area contributed by atoms with Gasteiger partial charge in [0.1, 0.15) is 10.6 Å². The third-order valence-corrected chi connectivity index (χ3v) is 4.38. The van der Waals surface area contributed by atoms with Crippen LogP contribution < -0.4 is 10.6 Å². The second-order valence-corrected chi connectivity index (χ2v) is 7.70. The minimum atomic E-state index is -0.515. The number of carbonyl (C=O) groups excluding carboxylic acids is 2. The van der Waals surface area contributed by atoms with Gasteiger partial charge in [0.05, 0.1) is 13.0 Å². The lowest BCUT2D eigenvalue weighted by atomic mass is 10.1. The lowest BCUT2D eigenvalue weighted by molar-refractivity contribution is -0.115. The van der Waals surface area contributed by atoms with Crippen molar-refractivity contribution in [3.63, 3.8) is 0 Å². The number of thiazole rings is 1. The molecule has 1 aliphatic heterocycles. The van der Waals surface area contributed by atoms with Gasteiger partial charge in [0, 0.05) is 22.3 Å². The van der Waals surface area contributed by atoms with Crippen LogP contribution in [0.5, 0.6) is 0 Å². The summed E-state index contributed by atoms with van der Waals surface area (Å²) in [5.74, 6) is 0.0172. The second kappa shape index (κ2) is 6.24. The molecule has 0 atom stereocenters. The summed E-state index contributed by atoms with van der Waals surface area (Å²) in [6.07, 6.45) is 1.70. The highest BCUT2D eigenvalue weighted by molar-refractivity contribution is 7.15. The molecule has 0 radical (unpaired) electrons. The first-order valence-corrected chi connectivity index (χ1v) is 8.46. The molecule has 1 aromatic carbocycles. The van der Waals surface area contributed by atoms with Crippen LogP contribution in [0.4, 0.5) is 10.5 Å². The van der Waals surface area contributed by atoms with Gasteiger partial charge in [-0.3, -0.25) is 4.79 Å². The van der Waals surface area contributed by atoms with Crippen LogP contribution in [-0.4, -0.2) is 22.6 Å². The van der Waals surface area contributed by atoms with Crippen molar-refractivity contribution in [1.82, 2.24) is 10.3 Å². The van der Waals surface area contributed by atoms with Crippen LogP contribution in [-0.2, 0) is 22.5 Å². The fourth-order valence-corrected chi connectivity index (χ4v) is 3.21. The van der Waals surface area contributed by atoms with Crippen LogP contribution in [0, 0.1) is 0 Å². The molecule has 1 aromatic heterocycles. The van der Waals surface area contributed by atoms with Crippen LogP contribution in [0.15, 0.2) is 24.4 Å². The molecule has 0 fully saturated rings. The number of anilines is 1. The van der Waals surface area contributed by atoms with Crippen LogP contribution in [0.1, 0.15) is 31.2 Å². The van der Waals surface area contributed by atoms with Crippen molar-refractivity contribution in [3.05, 3.63) is 34.8 Å². The van der Waals surface area contributed by atoms with Gasteiger partial charge in [0.15, 0.2) is 0 Å². The maximum atomic E-state index is 11.7. The topological polar surface area (TPSA) is 80.3 Å². The second-order valence-electron chi connectivity index (χ2n) is 6.58. The Balaban J connectivity index is 1.65. The predicted molar refractivity (Wildman–Crippen MR) is 93.0 cm³/mol. The average Bonchev–Trinajstić information content (AvgIpc) is 3.07. The molecule has 3 rings (SSSR count). The van der Waals surface area contributed by atoms with Gasteiger partial charge in [0.25, 0.3) is 0 Å². The third kappa shape index (κ3) is 3.91. The van der Waals surface area contributed by atoms with Crippen molar-refractivity contribution in [2.24, 2.45) is 0 Å². The van der Waals surface area contributed by atoms with E-state index in [0.29, 0.717) is 13.0 Å². The Morgan fingerprint density at radius 3 is 2.96 bits per heavy atom. The van der Waals surface area contributed by atoms with Gasteiger partial charge in [-0.25, -0.2) is 9.78 Å². The van der Waals surface area contributed by atoms with E-state index < -0.39 is 11.7 Å². The first-order chi connectivity index (χ1) is 11.3. The lowest BCUT2D eigenvalue weighted by Gasteiger charge is -2.19. The molecule has 6 nitrogen and oxygen atoms in total. The van der Waals surface area contributed by atoms with Crippen molar-refractivity contribution < 1.29 is 14.3 Å². The van der Waals surface area contributed by atoms with E-state index in [4.69, 9.17) is 4.74 Å². The largest absolute Gasteiger partial charge is 0.444 e. The first kappa shape index (κ1) is 16.4. The summed E-state index contributed by atoms with van der Waals surface area (Å²) in [5.41, 5.74) is 2.31. The zero-order valence-corrected chi connectivity index (χ0v) is 14.6. The minimum absolute atomic E-state index is 0.0172. The molecule has 7 heteroatoms. The van der Waals surface area contributed by atoms with E-state index in [-0.39, 0.29) is 5.91 Å². The number of rotatable bonds is 3. The molecule has 2 amide bonds. The number of benzene rings is 1. The number of nitrogens with zero attached hydrogens (tertiary/aromatic N) is 1. The van der Waals surface area contributed by atoms with Crippen LogP contribution in [0.3, 0.4) is 0 Å². The molecule has 24 heavy (non-hydrogen) atoms. The molecule has 2 N–H and O–H groups in total. The van der Waals surface area contributed by atoms with Crippen molar-refractivity contribution >= 4 is 29.0 Å². The number of hydrogen-bond acceptors (Lipinski definition) is 5. The summed E-state index contributed by atoms with van der Waals surface area (Å²) in [4.78, 5) is 28.4. The predicted octanol–water partition coefficient (Wildman–Crippen LogP) is 3.33. The zero-order chi connectivity index (χ0) is 17.3. The number of nitrogens with one attached hydrogen (secondary N) is 2. The van der Waals surface area contributed by atoms with Crippen LogP contribution >= 0.6 is 11.3 Å². The number of alkyl carbamates (subject to hydrolysis) is 1. The Labute approximate surface area is 144 Å². The van der Waals surface area contributed by atoms with E-state index in [1.54, 1.807) is 6.20 Å². The van der Waals surface area contributed by atoms with E-state index in [1.807, 2.05) is 39.0 Å². The maximum Gasteiger partial charge on any atom is 0.407 e. The standard InChI is InChI=1S/C17H19N3O3S/c1-17(2,3)23-16(22)19-9-12-8-18-15(24-12)10-4-5-13-11(6-10)7-14(21)20-13/h4-6,8H,7,9H2,1-3H3,(H,19,22)(H,20,21). The Morgan fingerprint density at radius 1 is 1.42 bits per heavy atom. The van der Waals surface area contributed by atoms with Gasteiger partial charge in [-0.2, -0.15) is 0 Å². The average molecular weight is 345 g/mol. The Bertz CT molecular complexity index is 793. The molecule has 0 bridgehead atoms. The molecule has 0 saturated carbocycles. The lowest BCUT2D eigenvalue weighted by Crippen LogP contribution is -2.31. The monoisotopic (exact) mass is 345 g/mol. The highest BCUT2D eigenvalue weighted by Crippen LogP contribution is 2.31. The van der Waals surface area contributed by atoms with E-state index in [9.17, 15) is 9.59 Å². The summed E-state index contributed by atoms with van der Waals surface area (Å²) >= 11 is 1.51. The van der Waals surface area contributed by atoms with Crippen molar-refractivity contribution in [1.29, 1.82) is 0 Å². The zero-order valence-electron chi connectivity index (χ0n) is 13.8. The normalized spacial score (nSPS) is 13.4. The van der Waals surface area contributed by atoms with Gasteiger partial charge in [-0.05, 0) is 44.5 Å². The molecule has 2 heterocycles. The number of aromatic nitrogens is 1. The highest BCUT2D eigenvalue weighted by Gasteiger charge is 2.19. The van der Waals surface area contributed by atoms with Crippen molar-refractivity contribution in [3.8, 4) is 10.6 Å². The van der Waals surface area contributed by atoms with E-state index >= 15 is 0 Å². The summed E-state index contributed by atoms with van der Waals surface area (Å²) in [6, 6.07) is 5.82. The molecular formula is C17H19N3O3S. The van der Waals surface area contributed by atoms with Crippen LogP contribution in [0.25, 0.3) is 10.6 Å². The molecule has 2 aromatic rings. The number of carbonyl (C=O) groups is 2. The summed E-state index contributed by atoms with van der Waals surface area (Å²) in [5, 5.41) is 6.40. The quantitative estimate of drug-likeness (QED) is 0.894. The van der Waals surface area contributed by atoms with Crippen molar-refractivity contribution in [2.45, 2.75) is 39.3 Å². The van der Waals surface area contributed by atoms with E-state index in [2.05, 4.69) is 15.6 Å². The van der Waals surface area contributed by atoms with Gasteiger partial charge in [-0.1, -0.05) is 0 Å². The third-order valence-electron chi connectivity index (χ3n) is 3.34. The number of ether oxygens (including phenoxy) is 1. The molecule has 1 aliphatic rings. The molecule has 0 aliphatic carbocycles. The number of hydrogen-bond donors (Lipinski definition) is 2. The molecular weight excluding hydrogens is 326 g/mol. The van der Waals surface area contributed by atoms with Crippen molar-refractivity contribution in [2.75, 3.05) is 5.32 Å². The Kier molecular flexibility index (Phi) is 4.28. The fraction of sp³-hybridized carbons (Fsp3) is 0.353. The minimum Gasteiger partial charge on any atom is -0.444 e. The fourth-order valence-electron chi connectivity index (χ4n) is 2.36. The van der Waals surface area contributed by atoms with E-state index in [1.165, 1.54) is 11.3 Å². The summed E-state index contributed by atoms with van der Waals surface area (Å²) in [6.45, 7) is 5.85. The molecule has 0 unspecified atom stereocenters. The first-order valence-electron chi connectivity index (χ1n) is 7.65. The van der Waals surface area contributed by atoms with Gasteiger partial charge in [-0.15, -0.1) is 11.3 Å². The van der Waals surface area contributed by atoms with Crippen LogP contribution in [0.2, 0.25) is 0 Å². The molecule has 0 spiro atoms. The SMILES string of the molecule is CC(C)(C)OC(=O)NCc1cnc(-c2ccc3c(c2)CC(=O)N3)s1. The van der Waals surface area contributed by atoms with E-state index in [0.717, 1.165) is 26.7 Å². The van der Waals surface area contributed by atoms with Gasteiger partial charge >= 0.3 is 6.09 Å². The maximum absolute atomic E-state index is 11.7.